The molecule has 0 bridgehead atoms. The predicted octanol–water partition coefficient (Wildman–Crippen LogP) is 1.79. The number of nitrogens with two attached hydrogens (primary N) is 1. The van der Waals surface area contributed by atoms with E-state index in [4.69, 9.17) is 10.2 Å². The largest absolute Gasteiger partial charge is 0.472 e. The van der Waals surface area contributed by atoms with Crippen molar-refractivity contribution in [3.05, 3.63) is 23.7 Å². The van der Waals surface area contributed by atoms with E-state index in [2.05, 4.69) is 13.8 Å². The molecule has 0 radical (unpaired) electrons. The molecule has 0 saturated carbocycles. The summed E-state index contributed by atoms with van der Waals surface area (Å²) in [7, 11) is 0. The smallest absolute Gasteiger partial charge is 0.0992 e. The summed E-state index contributed by atoms with van der Waals surface area (Å²) in [5.41, 5.74) is 6.70. The fraction of sp³-hybridized carbons (Fsp3) is 0.667. The third kappa shape index (κ3) is 1.42. The number of furan rings is 1. The average molecular weight is 209 g/mol. The molecule has 0 saturated heterocycles. The molecule has 3 nitrogen and oxygen atoms in total. The minimum atomic E-state index is -0.831. The fourth-order valence-electron chi connectivity index (χ4n) is 2.58. The van der Waals surface area contributed by atoms with Gasteiger partial charge in [-0.3, -0.25) is 0 Å². The summed E-state index contributed by atoms with van der Waals surface area (Å²) < 4.78 is 5.20. The van der Waals surface area contributed by atoms with Crippen LogP contribution < -0.4 is 5.73 Å². The highest BCUT2D eigenvalue weighted by Gasteiger charge is 2.48. The Morgan fingerprint density at radius 1 is 1.47 bits per heavy atom. The number of hydrogen-bond donors (Lipinski definition) is 2. The zero-order valence-corrected chi connectivity index (χ0v) is 9.42. The molecule has 15 heavy (non-hydrogen) atoms. The minimum Gasteiger partial charge on any atom is -0.472 e. The topological polar surface area (TPSA) is 59.4 Å². The summed E-state index contributed by atoms with van der Waals surface area (Å²) in [5, 5.41) is 10.8. The second kappa shape index (κ2) is 3.35. The highest BCUT2D eigenvalue weighted by molar-refractivity contribution is 5.33. The van der Waals surface area contributed by atoms with Crippen LogP contribution in [0.25, 0.3) is 0 Å². The van der Waals surface area contributed by atoms with Crippen molar-refractivity contribution in [2.75, 3.05) is 6.54 Å². The van der Waals surface area contributed by atoms with Crippen LogP contribution in [0.3, 0.4) is 0 Å². The fourth-order valence-corrected chi connectivity index (χ4v) is 2.58. The van der Waals surface area contributed by atoms with Crippen molar-refractivity contribution in [3.63, 3.8) is 0 Å². The molecule has 0 fully saturated rings. The molecule has 3 heteroatoms. The zero-order valence-electron chi connectivity index (χ0n) is 9.42. The van der Waals surface area contributed by atoms with Gasteiger partial charge in [-0.05, 0) is 36.8 Å². The van der Waals surface area contributed by atoms with Crippen molar-refractivity contribution in [1.82, 2.24) is 0 Å². The first-order chi connectivity index (χ1) is 7.01. The van der Waals surface area contributed by atoms with Crippen LogP contribution >= 0.6 is 0 Å². The summed E-state index contributed by atoms with van der Waals surface area (Å²) in [6.07, 6.45) is 5.95. The van der Waals surface area contributed by atoms with Crippen LogP contribution in [0.1, 0.15) is 37.8 Å². The van der Waals surface area contributed by atoms with Gasteiger partial charge >= 0.3 is 0 Å². The Morgan fingerprint density at radius 3 is 2.87 bits per heavy atom. The lowest BCUT2D eigenvalue weighted by Crippen LogP contribution is -2.46. The second-order valence-corrected chi connectivity index (χ2v) is 5.09. The summed E-state index contributed by atoms with van der Waals surface area (Å²) in [5.74, 6) is 0. The molecule has 0 aromatic carbocycles. The van der Waals surface area contributed by atoms with E-state index in [1.54, 1.807) is 12.5 Å². The van der Waals surface area contributed by atoms with E-state index in [-0.39, 0.29) is 5.41 Å². The lowest BCUT2D eigenvalue weighted by molar-refractivity contribution is -0.0901. The molecule has 1 aliphatic carbocycles. The van der Waals surface area contributed by atoms with Crippen LogP contribution in [0.5, 0.6) is 0 Å². The van der Waals surface area contributed by atoms with E-state index in [0.717, 1.165) is 24.0 Å². The third-order valence-electron chi connectivity index (χ3n) is 3.83. The second-order valence-electron chi connectivity index (χ2n) is 5.09. The van der Waals surface area contributed by atoms with Gasteiger partial charge in [-0.1, -0.05) is 13.8 Å². The van der Waals surface area contributed by atoms with Gasteiger partial charge in [0.25, 0.3) is 0 Å². The van der Waals surface area contributed by atoms with Crippen LogP contribution in [-0.2, 0) is 12.0 Å². The van der Waals surface area contributed by atoms with Crippen molar-refractivity contribution in [2.24, 2.45) is 11.1 Å². The molecule has 2 rings (SSSR count). The summed E-state index contributed by atoms with van der Waals surface area (Å²) in [4.78, 5) is 0. The molecule has 1 unspecified atom stereocenters. The Bertz CT molecular complexity index is 356. The number of hydrogen-bond acceptors (Lipinski definition) is 3. The van der Waals surface area contributed by atoms with Gasteiger partial charge in [0.1, 0.15) is 0 Å². The molecule has 0 spiro atoms. The maximum atomic E-state index is 10.8. The van der Waals surface area contributed by atoms with Gasteiger partial charge in [0.05, 0.1) is 18.1 Å². The third-order valence-corrected chi connectivity index (χ3v) is 3.83. The summed E-state index contributed by atoms with van der Waals surface area (Å²) >= 11 is 0. The molecule has 1 heterocycles. The van der Waals surface area contributed by atoms with Crippen molar-refractivity contribution in [1.29, 1.82) is 0 Å². The first kappa shape index (κ1) is 10.7. The molecule has 1 aliphatic rings. The number of aliphatic hydroxyl groups is 1. The maximum Gasteiger partial charge on any atom is 0.0992 e. The Labute approximate surface area is 90.3 Å². The Hall–Kier alpha value is -0.800. The normalized spacial score (nSPS) is 28.8. The molecular formula is C12H19NO2. The standard InChI is InChI=1S/C12H19NO2/c1-11(2)4-3-9-7-15-8-10(9)12(11,14)5-6-13/h7-8,14H,3-6,13H2,1-2H3. The number of fused-ring (bicyclic) bond motifs is 1. The van der Waals surface area contributed by atoms with Crippen LogP contribution in [-0.4, -0.2) is 11.7 Å². The van der Waals surface area contributed by atoms with Gasteiger partial charge in [0.15, 0.2) is 0 Å². The monoisotopic (exact) mass is 209 g/mol. The number of aryl methyl sites for hydroxylation is 1. The van der Waals surface area contributed by atoms with Gasteiger partial charge in [-0.2, -0.15) is 0 Å². The SMILES string of the molecule is CC1(C)CCc2cocc2C1(O)CCN. The molecule has 84 valence electrons. The van der Waals surface area contributed by atoms with E-state index >= 15 is 0 Å². The molecule has 3 N–H and O–H groups in total. The van der Waals surface area contributed by atoms with Gasteiger partial charge in [-0.25, -0.2) is 0 Å². The highest BCUT2D eigenvalue weighted by atomic mass is 16.3. The summed E-state index contributed by atoms with van der Waals surface area (Å²) in [6.45, 7) is 4.68. The van der Waals surface area contributed by atoms with Crippen molar-refractivity contribution in [3.8, 4) is 0 Å². The average Bonchev–Trinajstić information content (AvgIpc) is 2.62. The van der Waals surface area contributed by atoms with Gasteiger partial charge in [0, 0.05) is 5.56 Å². The molecule has 1 aromatic heterocycles. The van der Waals surface area contributed by atoms with Crippen LogP contribution in [0.4, 0.5) is 0 Å². The Balaban J connectivity index is 2.48. The van der Waals surface area contributed by atoms with E-state index in [9.17, 15) is 5.11 Å². The van der Waals surface area contributed by atoms with E-state index in [1.807, 2.05) is 0 Å². The first-order valence-electron chi connectivity index (χ1n) is 5.49. The van der Waals surface area contributed by atoms with Gasteiger partial charge in [-0.15, -0.1) is 0 Å². The van der Waals surface area contributed by atoms with Crippen molar-refractivity contribution < 1.29 is 9.52 Å². The summed E-state index contributed by atoms with van der Waals surface area (Å²) in [6, 6.07) is 0. The Kier molecular flexibility index (Phi) is 2.40. The van der Waals surface area contributed by atoms with Crippen molar-refractivity contribution >= 4 is 0 Å². The minimum absolute atomic E-state index is 0.136. The van der Waals surface area contributed by atoms with Crippen molar-refractivity contribution in [2.45, 2.75) is 38.7 Å². The lowest BCUT2D eigenvalue weighted by atomic mass is 9.62. The molecular weight excluding hydrogens is 190 g/mol. The predicted molar refractivity (Wildman–Crippen MR) is 58.4 cm³/mol. The van der Waals surface area contributed by atoms with Gasteiger partial charge in [0.2, 0.25) is 0 Å². The maximum absolute atomic E-state index is 10.8. The van der Waals surface area contributed by atoms with E-state index < -0.39 is 5.60 Å². The van der Waals surface area contributed by atoms with E-state index in [1.165, 1.54) is 0 Å². The first-order valence-corrected chi connectivity index (χ1v) is 5.49. The lowest BCUT2D eigenvalue weighted by Gasteiger charge is -2.46. The molecule has 0 amide bonds. The van der Waals surface area contributed by atoms with Crippen LogP contribution in [0, 0.1) is 5.41 Å². The number of rotatable bonds is 2. The van der Waals surface area contributed by atoms with E-state index in [0.29, 0.717) is 13.0 Å². The highest BCUT2D eigenvalue weighted by Crippen LogP contribution is 2.50. The quantitative estimate of drug-likeness (QED) is 0.780. The molecule has 0 aliphatic heterocycles. The molecule has 1 aromatic rings. The zero-order chi connectivity index (χ0) is 11.1. The van der Waals surface area contributed by atoms with Crippen LogP contribution in [0.15, 0.2) is 16.9 Å². The van der Waals surface area contributed by atoms with Gasteiger partial charge < -0.3 is 15.3 Å². The molecule has 1 atom stereocenters. The van der Waals surface area contributed by atoms with Crippen LogP contribution in [0.2, 0.25) is 0 Å². The Morgan fingerprint density at radius 2 is 2.20 bits per heavy atom.